The van der Waals surface area contributed by atoms with Crippen LogP contribution in [0.15, 0.2) is 18.2 Å². The highest BCUT2D eigenvalue weighted by Gasteiger charge is 2.55. The molecule has 1 aromatic rings. The lowest BCUT2D eigenvalue weighted by Gasteiger charge is -2.59. The van der Waals surface area contributed by atoms with Crippen molar-refractivity contribution < 1.29 is 4.74 Å². The summed E-state index contributed by atoms with van der Waals surface area (Å²) in [5.74, 6) is 4.08. The maximum absolute atomic E-state index is 6.54. The lowest BCUT2D eigenvalue weighted by molar-refractivity contribution is -0.108. The number of anilines is 1. The zero-order chi connectivity index (χ0) is 14.0. The summed E-state index contributed by atoms with van der Waals surface area (Å²) < 4.78 is 6.54. The maximum Gasteiger partial charge on any atom is 0.143 e. The van der Waals surface area contributed by atoms with Crippen LogP contribution in [0, 0.1) is 30.1 Å². The number of aryl methyl sites for hydroxylation is 1. The van der Waals surface area contributed by atoms with Crippen molar-refractivity contribution in [2.24, 2.45) is 23.2 Å². The first kappa shape index (κ1) is 12.4. The maximum atomic E-state index is 6.54. The number of ether oxygens (including phenoxy) is 1. The predicted molar refractivity (Wildman–Crippen MR) is 84.7 cm³/mol. The minimum atomic E-state index is 0.389. The van der Waals surface area contributed by atoms with Gasteiger partial charge >= 0.3 is 0 Å². The number of hydrogen-bond acceptors (Lipinski definition) is 2. The zero-order valence-electron chi connectivity index (χ0n) is 12.9. The molecule has 1 N–H and O–H groups in total. The molecule has 4 fully saturated rings. The lowest BCUT2D eigenvalue weighted by atomic mass is 9.48. The molecule has 0 radical (unpaired) electrons. The second-order valence-electron chi connectivity index (χ2n) is 8.27. The quantitative estimate of drug-likeness (QED) is 0.825. The molecular weight excluding hydrogens is 258 g/mol. The number of nitrogens with one attached hydrogen (secondary N) is 1. The van der Waals surface area contributed by atoms with Gasteiger partial charge in [0.25, 0.3) is 0 Å². The van der Waals surface area contributed by atoms with Crippen LogP contribution >= 0.6 is 0 Å². The Labute approximate surface area is 127 Å². The van der Waals surface area contributed by atoms with Gasteiger partial charge in [0.2, 0.25) is 0 Å². The molecule has 5 aliphatic rings. The Balaban J connectivity index is 1.46. The van der Waals surface area contributed by atoms with Gasteiger partial charge in [-0.2, -0.15) is 0 Å². The van der Waals surface area contributed by atoms with E-state index in [1.54, 1.807) is 0 Å². The second kappa shape index (κ2) is 4.18. The highest BCUT2D eigenvalue weighted by molar-refractivity contribution is 5.59. The van der Waals surface area contributed by atoms with Crippen molar-refractivity contribution in [3.8, 4) is 5.75 Å². The molecule has 0 aromatic heterocycles. The van der Waals surface area contributed by atoms with Crippen molar-refractivity contribution >= 4 is 5.69 Å². The molecule has 2 nitrogen and oxygen atoms in total. The molecule has 4 aliphatic carbocycles. The van der Waals surface area contributed by atoms with E-state index in [0.29, 0.717) is 11.5 Å². The first-order chi connectivity index (χ1) is 10.2. The molecule has 1 heterocycles. The molecule has 0 spiro atoms. The standard InChI is InChI=1S/C19H25NO/c1-12-2-3-16-17(4-12)21-18(11-20-16)19-8-13-5-14(9-19)7-15(6-13)10-19/h2-4,13-15,18,20H,5-11H2,1H3. The van der Waals surface area contributed by atoms with E-state index in [2.05, 4.69) is 30.4 Å². The normalized spacial score (nSPS) is 43.1. The van der Waals surface area contributed by atoms with Crippen molar-refractivity contribution in [2.45, 2.75) is 51.6 Å². The monoisotopic (exact) mass is 283 g/mol. The van der Waals surface area contributed by atoms with E-state index in [1.807, 2.05) is 0 Å². The first-order valence-corrected chi connectivity index (χ1v) is 8.71. The van der Waals surface area contributed by atoms with Gasteiger partial charge in [-0.3, -0.25) is 0 Å². The third-order valence-electron chi connectivity index (χ3n) is 6.65. The number of rotatable bonds is 1. The van der Waals surface area contributed by atoms with Gasteiger partial charge < -0.3 is 10.1 Å². The highest BCUT2D eigenvalue weighted by Crippen LogP contribution is 2.62. The molecule has 2 heteroatoms. The molecule has 4 saturated carbocycles. The third kappa shape index (κ3) is 1.84. The van der Waals surface area contributed by atoms with E-state index in [-0.39, 0.29) is 0 Å². The van der Waals surface area contributed by atoms with Crippen molar-refractivity contribution in [3.63, 3.8) is 0 Å². The van der Waals surface area contributed by atoms with Crippen LogP contribution < -0.4 is 10.1 Å². The van der Waals surface area contributed by atoms with E-state index in [0.717, 1.165) is 30.0 Å². The van der Waals surface area contributed by atoms with Crippen LogP contribution in [0.25, 0.3) is 0 Å². The van der Waals surface area contributed by atoms with E-state index >= 15 is 0 Å². The second-order valence-corrected chi connectivity index (χ2v) is 8.27. The SMILES string of the molecule is Cc1ccc2c(c1)OC(C13CC4CC(CC(C4)C1)C3)CN2. The van der Waals surface area contributed by atoms with Gasteiger partial charge in [0.15, 0.2) is 0 Å². The average molecular weight is 283 g/mol. The van der Waals surface area contributed by atoms with Crippen LogP contribution in [0.5, 0.6) is 5.75 Å². The van der Waals surface area contributed by atoms with Crippen molar-refractivity contribution in [2.75, 3.05) is 11.9 Å². The van der Waals surface area contributed by atoms with Crippen LogP contribution in [0.3, 0.4) is 0 Å². The summed E-state index contributed by atoms with van der Waals surface area (Å²) in [6.45, 7) is 3.15. The summed E-state index contributed by atoms with van der Waals surface area (Å²) in [5, 5.41) is 3.64. The summed E-state index contributed by atoms with van der Waals surface area (Å²) in [6.07, 6.45) is 9.19. The zero-order valence-corrected chi connectivity index (χ0v) is 12.9. The first-order valence-electron chi connectivity index (χ1n) is 8.71. The summed E-state index contributed by atoms with van der Waals surface area (Å²) in [5.41, 5.74) is 2.95. The van der Waals surface area contributed by atoms with E-state index in [4.69, 9.17) is 4.74 Å². The molecule has 0 amide bonds. The van der Waals surface area contributed by atoms with Gasteiger partial charge in [-0.1, -0.05) is 6.07 Å². The Kier molecular flexibility index (Phi) is 2.46. The molecule has 1 aliphatic heterocycles. The summed E-state index contributed by atoms with van der Waals surface area (Å²) in [6, 6.07) is 6.54. The van der Waals surface area contributed by atoms with E-state index in [9.17, 15) is 0 Å². The van der Waals surface area contributed by atoms with Crippen LogP contribution in [0.2, 0.25) is 0 Å². The molecule has 6 rings (SSSR count). The fourth-order valence-electron chi connectivity index (χ4n) is 6.18. The minimum absolute atomic E-state index is 0.389. The average Bonchev–Trinajstić information content (AvgIpc) is 2.45. The smallest absolute Gasteiger partial charge is 0.143 e. The van der Waals surface area contributed by atoms with Gasteiger partial charge in [-0.15, -0.1) is 0 Å². The van der Waals surface area contributed by atoms with Crippen molar-refractivity contribution in [1.82, 2.24) is 0 Å². The molecule has 21 heavy (non-hydrogen) atoms. The molecule has 1 atom stereocenters. The van der Waals surface area contributed by atoms with Crippen molar-refractivity contribution in [1.29, 1.82) is 0 Å². The van der Waals surface area contributed by atoms with Crippen LogP contribution in [0.1, 0.15) is 44.1 Å². The topological polar surface area (TPSA) is 21.3 Å². The van der Waals surface area contributed by atoms with Gasteiger partial charge in [-0.25, -0.2) is 0 Å². The van der Waals surface area contributed by atoms with Crippen LogP contribution in [-0.4, -0.2) is 12.6 Å². The fraction of sp³-hybridized carbons (Fsp3) is 0.684. The Morgan fingerprint density at radius 2 is 1.71 bits per heavy atom. The van der Waals surface area contributed by atoms with E-state index < -0.39 is 0 Å². The summed E-state index contributed by atoms with van der Waals surface area (Å²) in [7, 11) is 0. The molecule has 1 unspecified atom stereocenters. The lowest BCUT2D eigenvalue weighted by Crippen LogP contribution is -2.56. The third-order valence-corrected chi connectivity index (χ3v) is 6.65. The van der Waals surface area contributed by atoms with Gasteiger partial charge in [0.05, 0.1) is 12.2 Å². The van der Waals surface area contributed by atoms with Crippen LogP contribution in [0.4, 0.5) is 5.69 Å². The van der Waals surface area contributed by atoms with Crippen molar-refractivity contribution in [3.05, 3.63) is 23.8 Å². The summed E-state index contributed by atoms with van der Waals surface area (Å²) in [4.78, 5) is 0. The highest BCUT2D eigenvalue weighted by atomic mass is 16.5. The predicted octanol–water partition coefficient (Wildman–Crippen LogP) is 4.38. The Hall–Kier alpha value is -1.18. The molecule has 4 bridgehead atoms. The Bertz CT molecular complexity index is 544. The Morgan fingerprint density at radius 1 is 1.05 bits per heavy atom. The van der Waals surface area contributed by atoms with Crippen LogP contribution in [-0.2, 0) is 0 Å². The van der Waals surface area contributed by atoms with Gasteiger partial charge in [0, 0.05) is 5.41 Å². The minimum Gasteiger partial charge on any atom is -0.486 e. The molecular formula is C19H25NO. The number of fused-ring (bicyclic) bond motifs is 1. The molecule has 0 saturated heterocycles. The number of benzene rings is 1. The summed E-state index contributed by atoms with van der Waals surface area (Å²) >= 11 is 0. The molecule has 112 valence electrons. The largest absolute Gasteiger partial charge is 0.486 e. The Morgan fingerprint density at radius 3 is 2.38 bits per heavy atom. The van der Waals surface area contributed by atoms with E-state index in [1.165, 1.54) is 49.8 Å². The fourth-order valence-corrected chi connectivity index (χ4v) is 6.18. The van der Waals surface area contributed by atoms with Gasteiger partial charge in [0.1, 0.15) is 11.9 Å². The number of hydrogen-bond donors (Lipinski definition) is 1. The van der Waals surface area contributed by atoms with Gasteiger partial charge in [-0.05, 0) is 80.9 Å². The molecule has 1 aromatic carbocycles.